The third-order valence-electron chi connectivity index (χ3n) is 3.87. The summed E-state index contributed by atoms with van der Waals surface area (Å²) >= 11 is 0. The molecule has 0 N–H and O–H groups in total. The van der Waals surface area contributed by atoms with Gasteiger partial charge in [-0.2, -0.15) is 0 Å². The average Bonchev–Trinajstić information content (AvgIpc) is 2.53. The maximum Gasteiger partial charge on any atom is 0.164 e. The van der Waals surface area contributed by atoms with E-state index in [0.717, 1.165) is 44.0 Å². The Morgan fingerprint density at radius 3 is 2.23 bits per heavy atom. The molecule has 0 radical (unpaired) electrons. The molecule has 0 unspecified atom stereocenters. The van der Waals surface area contributed by atoms with Crippen molar-refractivity contribution in [1.29, 1.82) is 0 Å². The zero-order chi connectivity index (χ0) is 16.4. The van der Waals surface area contributed by atoms with Crippen molar-refractivity contribution < 1.29 is 9.47 Å². The largest absolute Gasteiger partial charge is 0.493 e. The molecule has 0 saturated heterocycles. The average molecular weight is 305 g/mol. The Kier molecular flexibility index (Phi) is 8.68. The Balaban J connectivity index is 2.95. The van der Waals surface area contributed by atoms with Crippen LogP contribution in [0, 0.1) is 0 Å². The molecule has 22 heavy (non-hydrogen) atoms. The second-order valence-electron chi connectivity index (χ2n) is 5.52. The highest BCUT2D eigenvalue weighted by atomic mass is 16.5. The van der Waals surface area contributed by atoms with Gasteiger partial charge in [0.25, 0.3) is 0 Å². The fraction of sp³-hybridized carbons (Fsp3) is 0.579. The monoisotopic (exact) mass is 305 g/mol. The predicted octanol–water partition coefficient (Wildman–Crippen LogP) is 4.10. The van der Waals surface area contributed by atoms with E-state index in [9.17, 15) is 0 Å². The van der Waals surface area contributed by atoms with Crippen molar-refractivity contribution in [2.45, 2.75) is 39.5 Å². The van der Waals surface area contributed by atoms with Crippen LogP contribution in [-0.4, -0.2) is 38.8 Å². The van der Waals surface area contributed by atoms with E-state index in [1.165, 1.54) is 24.0 Å². The SMILES string of the molecule is C=CCc1c(CCN(CCC)CCC)ccc(OC)c1OC. The van der Waals surface area contributed by atoms with Crippen molar-refractivity contribution in [3.05, 3.63) is 35.9 Å². The Bertz CT molecular complexity index is 451. The maximum atomic E-state index is 5.58. The summed E-state index contributed by atoms with van der Waals surface area (Å²) in [6, 6.07) is 4.17. The predicted molar refractivity (Wildman–Crippen MR) is 94.2 cm³/mol. The van der Waals surface area contributed by atoms with Gasteiger partial charge in [0.05, 0.1) is 14.2 Å². The lowest BCUT2D eigenvalue weighted by Gasteiger charge is -2.22. The van der Waals surface area contributed by atoms with E-state index in [2.05, 4.69) is 31.4 Å². The van der Waals surface area contributed by atoms with E-state index >= 15 is 0 Å². The molecule has 3 nitrogen and oxygen atoms in total. The fourth-order valence-electron chi connectivity index (χ4n) is 2.88. The summed E-state index contributed by atoms with van der Waals surface area (Å²) in [5.41, 5.74) is 2.53. The van der Waals surface area contributed by atoms with Crippen molar-refractivity contribution in [1.82, 2.24) is 4.90 Å². The number of hydrogen-bond donors (Lipinski definition) is 0. The number of ether oxygens (including phenoxy) is 2. The molecule has 0 bridgehead atoms. The molecule has 1 aromatic carbocycles. The highest BCUT2D eigenvalue weighted by Crippen LogP contribution is 2.34. The van der Waals surface area contributed by atoms with Crippen LogP contribution >= 0.6 is 0 Å². The lowest BCUT2D eigenvalue weighted by molar-refractivity contribution is 0.277. The number of hydrogen-bond acceptors (Lipinski definition) is 3. The standard InChI is InChI=1S/C19H31NO2/c1-6-9-17-16(10-11-18(21-4)19(17)22-5)12-15-20(13-7-2)14-8-3/h6,10-11H,1,7-9,12-15H2,2-5H3. The van der Waals surface area contributed by atoms with Gasteiger partial charge in [-0.15, -0.1) is 6.58 Å². The van der Waals surface area contributed by atoms with E-state index in [-0.39, 0.29) is 0 Å². The van der Waals surface area contributed by atoms with Crippen molar-refractivity contribution in [3.8, 4) is 11.5 Å². The molecule has 3 heteroatoms. The van der Waals surface area contributed by atoms with Gasteiger partial charge < -0.3 is 14.4 Å². The topological polar surface area (TPSA) is 21.7 Å². The molecule has 0 atom stereocenters. The van der Waals surface area contributed by atoms with Crippen LogP contribution < -0.4 is 9.47 Å². The van der Waals surface area contributed by atoms with Gasteiger partial charge in [0.15, 0.2) is 11.5 Å². The Hall–Kier alpha value is -1.48. The lowest BCUT2D eigenvalue weighted by atomic mass is 9.99. The van der Waals surface area contributed by atoms with Gasteiger partial charge >= 0.3 is 0 Å². The van der Waals surface area contributed by atoms with Gasteiger partial charge in [-0.3, -0.25) is 0 Å². The number of allylic oxidation sites excluding steroid dienone is 1. The van der Waals surface area contributed by atoms with Crippen molar-refractivity contribution in [3.63, 3.8) is 0 Å². The van der Waals surface area contributed by atoms with Crippen LogP contribution in [0.3, 0.4) is 0 Å². The summed E-state index contributed by atoms with van der Waals surface area (Å²) in [5, 5.41) is 0. The smallest absolute Gasteiger partial charge is 0.164 e. The summed E-state index contributed by atoms with van der Waals surface area (Å²) in [4.78, 5) is 2.54. The first kappa shape index (κ1) is 18.6. The van der Waals surface area contributed by atoms with E-state index in [1.807, 2.05) is 12.1 Å². The third kappa shape index (κ3) is 5.06. The molecule has 0 aliphatic rings. The molecule has 1 aromatic rings. The first-order valence-electron chi connectivity index (χ1n) is 8.27. The van der Waals surface area contributed by atoms with Crippen LogP contribution in [0.15, 0.2) is 24.8 Å². The third-order valence-corrected chi connectivity index (χ3v) is 3.87. The first-order valence-corrected chi connectivity index (χ1v) is 8.27. The number of methoxy groups -OCH3 is 2. The number of nitrogens with zero attached hydrogens (tertiary/aromatic N) is 1. The zero-order valence-electron chi connectivity index (χ0n) is 14.7. The van der Waals surface area contributed by atoms with Crippen LogP contribution in [0.25, 0.3) is 0 Å². The summed E-state index contributed by atoms with van der Waals surface area (Å²) in [7, 11) is 3.38. The van der Waals surface area contributed by atoms with Crippen molar-refractivity contribution >= 4 is 0 Å². The molecule has 0 heterocycles. The maximum absolute atomic E-state index is 5.58. The molecule has 1 rings (SSSR count). The summed E-state index contributed by atoms with van der Waals surface area (Å²) in [6.07, 6.45) is 6.16. The minimum absolute atomic E-state index is 0.794. The van der Waals surface area contributed by atoms with Crippen LogP contribution in [0.5, 0.6) is 11.5 Å². The second kappa shape index (κ2) is 10.3. The number of rotatable bonds is 11. The Morgan fingerprint density at radius 1 is 1.05 bits per heavy atom. The normalized spacial score (nSPS) is 10.8. The minimum atomic E-state index is 0.794. The molecular formula is C19H31NO2. The van der Waals surface area contributed by atoms with Crippen LogP contribution in [-0.2, 0) is 12.8 Å². The molecule has 0 saturated carbocycles. The van der Waals surface area contributed by atoms with E-state index in [1.54, 1.807) is 14.2 Å². The summed E-state index contributed by atoms with van der Waals surface area (Å²) < 4.78 is 11.0. The summed E-state index contributed by atoms with van der Waals surface area (Å²) in [5.74, 6) is 1.64. The van der Waals surface area contributed by atoms with Crippen molar-refractivity contribution in [2.24, 2.45) is 0 Å². The quantitative estimate of drug-likeness (QED) is 0.575. The fourth-order valence-corrected chi connectivity index (χ4v) is 2.88. The highest BCUT2D eigenvalue weighted by molar-refractivity contribution is 5.51. The van der Waals surface area contributed by atoms with Crippen LogP contribution in [0.2, 0.25) is 0 Å². The van der Waals surface area contributed by atoms with Gasteiger partial charge in [-0.25, -0.2) is 0 Å². The minimum Gasteiger partial charge on any atom is -0.493 e. The molecule has 0 aliphatic carbocycles. The van der Waals surface area contributed by atoms with E-state index in [0.29, 0.717) is 0 Å². The molecule has 0 spiro atoms. The zero-order valence-corrected chi connectivity index (χ0v) is 14.7. The highest BCUT2D eigenvalue weighted by Gasteiger charge is 2.14. The molecule has 124 valence electrons. The first-order chi connectivity index (χ1) is 10.7. The summed E-state index contributed by atoms with van der Waals surface area (Å²) in [6.45, 7) is 11.8. The Labute approximate surface area is 135 Å². The van der Waals surface area contributed by atoms with Crippen LogP contribution in [0.1, 0.15) is 37.8 Å². The molecule has 0 aliphatic heterocycles. The Morgan fingerprint density at radius 2 is 1.73 bits per heavy atom. The van der Waals surface area contributed by atoms with Gasteiger partial charge in [-0.05, 0) is 50.4 Å². The molecule has 0 fully saturated rings. The van der Waals surface area contributed by atoms with Crippen molar-refractivity contribution in [2.75, 3.05) is 33.9 Å². The van der Waals surface area contributed by atoms with E-state index < -0.39 is 0 Å². The van der Waals surface area contributed by atoms with E-state index in [4.69, 9.17) is 9.47 Å². The molecule has 0 aromatic heterocycles. The molecule has 0 amide bonds. The van der Waals surface area contributed by atoms with Crippen LogP contribution in [0.4, 0.5) is 0 Å². The van der Waals surface area contributed by atoms with Gasteiger partial charge in [-0.1, -0.05) is 26.0 Å². The van der Waals surface area contributed by atoms with Gasteiger partial charge in [0, 0.05) is 12.1 Å². The van der Waals surface area contributed by atoms with Gasteiger partial charge in [0.2, 0.25) is 0 Å². The van der Waals surface area contributed by atoms with Gasteiger partial charge in [0.1, 0.15) is 0 Å². The number of benzene rings is 1. The second-order valence-corrected chi connectivity index (χ2v) is 5.52. The lowest BCUT2D eigenvalue weighted by Crippen LogP contribution is -2.28. The molecular weight excluding hydrogens is 274 g/mol.